The van der Waals surface area contributed by atoms with Crippen molar-refractivity contribution >= 4 is 23.3 Å². The average Bonchev–Trinajstić information content (AvgIpc) is 3.41. The maximum atomic E-state index is 12.6. The third kappa shape index (κ3) is 3.74. The summed E-state index contributed by atoms with van der Waals surface area (Å²) in [5.74, 6) is 0.157. The summed E-state index contributed by atoms with van der Waals surface area (Å²) in [7, 11) is 0. The van der Waals surface area contributed by atoms with Crippen LogP contribution in [-0.2, 0) is 4.74 Å². The van der Waals surface area contributed by atoms with Crippen LogP contribution in [0.1, 0.15) is 44.2 Å². The third-order valence-electron chi connectivity index (χ3n) is 7.27. The number of phenolic OH excluding ortho intramolecular Hbond substituents is 1. The minimum atomic E-state index is -0.217. The average molecular weight is 505 g/mol. The van der Waals surface area contributed by atoms with E-state index >= 15 is 0 Å². The number of fused-ring (bicyclic) bond motifs is 3. The standard InChI is InChI=1S/C26H25ClN6O3/c1-2-36-26(35)32-18-4-5-19(32)12-17(11-18)21-14-29-30-25-23(16-3-6-20(27)22(34)13-16)24(31-33(21)25)15-7-9-28-10-8-15/h3,6-10,13-14,17-19,34H,2,4-5,11-12H2,1H3. The molecule has 2 saturated heterocycles. The van der Waals surface area contributed by atoms with Crippen LogP contribution in [-0.4, -0.2) is 59.6 Å². The maximum absolute atomic E-state index is 12.6. The van der Waals surface area contributed by atoms with Crippen molar-refractivity contribution < 1.29 is 14.6 Å². The molecule has 10 heteroatoms. The second kappa shape index (κ2) is 9.05. The van der Waals surface area contributed by atoms with Crippen molar-refractivity contribution in [3.8, 4) is 28.1 Å². The van der Waals surface area contributed by atoms with Gasteiger partial charge < -0.3 is 14.7 Å². The van der Waals surface area contributed by atoms with E-state index < -0.39 is 0 Å². The van der Waals surface area contributed by atoms with Crippen LogP contribution >= 0.6 is 11.6 Å². The Bertz CT molecular complexity index is 1430. The van der Waals surface area contributed by atoms with E-state index in [1.54, 1.807) is 30.7 Å². The molecule has 0 saturated carbocycles. The van der Waals surface area contributed by atoms with Gasteiger partial charge in [-0.2, -0.15) is 10.2 Å². The summed E-state index contributed by atoms with van der Waals surface area (Å²) < 4.78 is 7.19. The van der Waals surface area contributed by atoms with Gasteiger partial charge in [-0.25, -0.2) is 9.31 Å². The van der Waals surface area contributed by atoms with Crippen LogP contribution in [0.5, 0.6) is 5.75 Å². The van der Waals surface area contributed by atoms with Gasteiger partial charge in [0.2, 0.25) is 0 Å². The molecule has 0 radical (unpaired) electrons. The van der Waals surface area contributed by atoms with Crippen molar-refractivity contribution in [1.29, 1.82) is 0 Å². The smallest absolute Gasteiger partial charge is 0.410 e. The van der Waals surface area contributed by atoms with Gasteiger partial charge in [0.1, 0.15) is 11.4 Å². The minimum absolute atomic E-state index is 0.0128. The number of rotatable bonds is 4. The van der Waals surface area contributed by atoms with E-state index in [2.05, 4.69) is 15.2 Å². The molecule has 9 nitrogen and oxygen atoms in total. The van der Waals surface area contributed by atoms with Crippen LogP contribution in [0.25, 0.3) is 28.0 Å². The van der Waals surface area contributed by atoms with Crippen LogP contribution in [0.15, 0.2) is 48.9 Å². The Hall–Kier alpha value is -3.72. The van der Waals surface area contributed by atoms with Crippen molar-refractivity contribution in [2.45, 2.75) is 50.6 Å². The molecule has 2 aliphatic rings. The van der Waals surface area contributed by atoms with E-state index in [1.807, 2.05) is 34.5 Å². The molecule has 0 aliphatic carbocycles. The van der Waals surface area contributed by atoms with Crippen LogP contribution in [0.2, 0.25) is 5.02 Å². The van der Waals surface area contributed by atoms with Gasteiger partial charge in [-0.05, 0) is 62.4 Å². The van der Waals surface area contributed by atoms with Crippen LogP contribution in [0.3, 0.4) is 0 Å². The van der Waals surface area contributed by atoms with Crippen molar-refractivity contribution in [2.24, 2.45) is 0 Å². The van der Waals surface area contributed by atoms with Gasteiger partial charge in [0, 0.05) is 36.0 Å². The first-order chi connectivity index (χ1) is 17.5. The molecule has 4 aromatic rings. The Balaban J connectivity index is 1.46. The van der Waals surface area contributed by atoms with E-state index in [0.29, 0.717) is 17.9 Å². The number of carbonyl (C=O) groups is 1. The molecule has 2 aliphatic heterocycles. The number of amides is 1. The highest BCUT2D eigenvalue weighted by atomic mass is 35.5. The van der Waals surface area contributed by atoms with Crippen molar-refractivity contribution in [2.75, 3.05) is 6.61 Å². The second-order valence-corrected chi connectivity index (χ2v) is 9.70. The fraction of sp³-hybridized carbons (Fsp3) is 0.346. The number of halogens is 1. The molecule has 184 valence electrons. The molecule has 2 bridgehead atoms. The number of hydrogen-bond donors (Lipinski definition) is 1. The monoisotopic (exact) mass is 504 g/mol. The van der Waals surface area contributed by atoms with Crippen molar-refractivity contribution in [1.82, 2.24) is 29.7 Å². The van der Waals surface area contributed by atoms with Gasteiger partial charge in [0.25, 0.3) is 0 Å². The zero-order valence-corrected chi connectivity index (χ0v) is 20.5. The van der Waals surface area contributed by atoms with Crippen LogP contribution < -0.4 is 0 Å². The molecule has 5 heterocycles. The number of aromatic hydroxyl groups is 1. The summed E-state index contributed by atoms with van der Waals surface area (Å²) in [6.07, 6.45) is 8.58. The van der Waals surface area contributed by atoms with E-state index in [4.69, 9.17) is 21.4 Å². The first-order valence-corrected chi connectivity index (χ1v) is 12.5. The Labute approximate surface area is 212 Å². The predicted octanol–water partition coefficient (Wildman–Crippen LogP) is 5.08. The number of phenols is 1. The Morgan fingerprint density at radius 2 is 1.89 bits per heavy atom. The molecule has 1 amide bonds. The Morgan fingerprint density at radius 3 is 2.58 bits per heavy atom. The Morgan fingerprint density at radius 1 is 1.14 bits per heavy atom. The van der Waals surface area contributed by atoms with E-state index in [9.17, 15) is 9.90 Å². The number of aromatic nitrogens is 5. The quantitative estimate of drug-likeness (QED) is 0.413. The molecule has 1 N–H and O–H groups in total. The minimum Gasteiger partial charge on any atom is -0.506 e. The first kappa shape index (κ1) is 22.7. The number of pyridine rings is 1. The van der Waals surface area contributed by atoms with Gasteiger partial charge in [0.15, 0.2) is 5.65 Å². The van der Waals surface area contributed by atoms with E-state index in [1.165, 1.54) is 0 Å². The lowest BCUT2D eigenvalue weighted by molar-refractivity contribution is 0.0684. The summed E-state index contributed by atoms with van der Waals surface area (Å²) in [4.78, 5) is 18.6. The van der Waals surface area contributed by atoms with Gasteiger partial charge in [-0.15, -0.1) is 5.10 Å². The number of ether oxygens (including phenoxy) is 1. The molecule has 2 fully saturated rings. The highest BCUT2D eigenvalue weighted by Gasteiger charge is 2.45. The number of hydrogen-bond acceptors (Lipinski definition) is 7. The van der Waals surface area contributed by atoms with Gasteiger partial charge >= 0.3 is 6.09 Å². The molecule has 36 heavy (non-hydrogen) atoms. The molecular weight excluding hydrogens is 480 g/mol. The highest BCUT2D eigenvalue weighted by Crippen LogP contribution is 2.44. The fourth-order valence-electron chi connectivity index (χ4n) is 5.72. The molecule has 0 spiro atoms. The van der Waals surface area contributed by atoms with Gasteiger partial charge in [-0.3, -0.25) is 4.98 Å². The summed E-state index contributed by atoms with van der Waals surface area (Å²) in [5, 5.41) is 24.4. The van der Waals surface area contributed by atoms with E-state index in [-0.39, 0.29) is 34.9 Å². The summed E-state index contributed by atoms with van der Waals surface area (Å²) in [6.45, 7) is 2.21. The topological polar surface area (TPSA) is 106 Å². The van der Waals surface area contributed by atoms with E-state index in [0.717, 1.165) is 48.1 Å². The second-order valence-electron chi connectivity index (χ2n) is 9.29. The van der Waals surface area contributed by atoms with Gasteiger partial charge in [0.05, 0.1) is 29.1 Å². The number of piperidine rings is 1. The first-order valence-electron chi connectivity index (χ1n) is 12.1. The van der Waals surface area contributed by atoms with Crippen LogP contribution in [0, 0.1) is 0 Å². The third-order valence-corrected chi connectivity index (χ3v) is 7.59. The Kier molecular flexibility index (Phi) is 5.72. The summed E-state index contributed by atoms with van der Waals surface area (Å²) in [6, 6.07) is 9.19. The van der Waals surface area contributed by atoms with Crippen molar-refractivity contribution in [3.63, 3.8) is 0 Å². The van der Waals surface area contributed by atoms with Gasteiger partial charge in [-0.1, -0.05) is 17.7 Å². The highest BCUT2D eigenvalue weighted by molar-refractivity contribution is 6.32. The predicted molar refractivity (Wildman–Crippen MR) is 134 cm³/mol. The normalized spacial score (nSPS) is 21.2. The number of carbonyl (C=O) groups excluding carboxylic acids is 1. The lowest BCUT2D eigenvalue weighted by Crippen LogP contribution is -2.46. The molecule has 6 rings (SSSR count). The summed E-state index contributed by atoms with van der Waals surface area (Å²) >= 11 is 6.09. The molecule has 3 aromatic heterocycles. The SMILES string of the molecule is CCOC(=O)N1C2CCC1CC(c1cnnc3c(-c4ccc(Cl)c(O)c4)c(-c4ccncc4)nn13)C2. The summed E-state index contributed by atoms with van der Waals surface area (Å²) in [5.41, 5.74) is 4.65. The zero-order chi connectivity index (χ0) is 24.8. The number of nitrogens with zero attached hydrogens (tertiary/aromatic N) is 6. The molecule has 2 unspecified atom stereocenters. The lowest BCUT2D eigenvalue weighted by atomic mass is 9.88. The van der Waals surface area contributed by atoms with Crippen LogP contribution in [0.4, 0.5) is 4.79 Å². The zero-order valence-electron chi connectivity index (χ0n) is 19.7. The number of benzene rings is 1. The maximum Gasteiger partial charge on any atom is 0.410 e. The molecule has 2 atom stereocenters. The lowest BCUT2D eigenvalue weighted by Gasteiger charge is -2.38. The fourth-order valence-corrected chi connectivity index (χ4v) is 5.84. The van der Waals surface area contributed by atoms with Crippen molar-refractivity contribution in [3.05, 3.63) is 59.6 Å². The molecule has 1 aromatic carbocycles. The molecular formula is C26H25ClN6O3. The largest absolute Gasteiger partial charge is 0.506 e.